The monoisotopic (exact) mass is 417 g/mol. The summed E-state index contributed by atoms with van der Waals surface area (Å²) in [5, 5.41) is 2.79. The SMILES string of the molecule is COC(=O)c1c(C)c(C(=O)CN(Cc2ccc(F)cc2)C(=O)NC(C)C)c(C)n1C. The molecule has 30 heavy (non-hydrogen) atoms. The lowest BCUT2D eigenvalue weighted by Gasteiger charge is -2.24. The standard InChI is InChI=1S/C22H28FN3O4/c1-13(2)24-22(29)26(11-16-7-9-17(23)10-8-16)12-18(27)19-14(3)20(21(28)30-6)25(5)15(19)4/h7-10,13H,11-12H2,1-6H3,(H,24,29). The highest BCUT2D eigenvalue weighted by Gasteiger charge is 2.27. The van der Waals surface area contributed by atoms with Crippen molar-refractivity contribution in [2.75, 3.05) is 13.7 Å². The normalized spacial score (nSPS) is 10.8. The maximum absolute atomic E-state index is 13.2. The number of rotatable bonds is 7. The van der Waals surface area contributed by atoms with E-state index in [1.807, 2.05) is 13.8 Å². The van der Waals surface area contributed by atoms with Gasteiger partial charge < -0.3 is 19.5 Å². The fourth-order valence-corrected chi connectivity index (χ4v) is 3.37. The Labute approximate surface area is 175 Å². The van der Waals surface area contributed by atoms with Crippen molar-refractivity contribution in [3.05, 3.63) is 58.2 Å². The molecule has 1 heterocycles. The number of carbonyl (C=O) groups excluding carboxylic acids is 3. The van der Waals surface area contributed by atoms with E-state index in [-0.39, 0.29) is 30.7 Å². The lowest BCUT2D eigenvalue weighted by Crippen LogP contribution is -2.44. The third-order valence-corrected chi connectivity index (χ3v) is 4.91. The summed E-state index contributed by atoms with van der Waals surface area (Å²) >= 11 is 0. The van der Waals surface area contributed by atoms with E-state index in [0.717, 1.165) is 0 Å². The number of urea groups is 1. The summed E-state index contributed by atoms with van der Waals surface area (Å²) in [7, 11) is 2.97. The number of methoxy groups -OCH3 is 1. The van der Waals surface area contributed by atoms with Gasteiger partial charge in [0.2, 0.25) is 0 Å². The number of Topliss-reactive ketones (excluding diaryl/α,β-unsaturated/α-hetero) is 1. The smallest absolute Gasteiger partial charge is 0.354 e. The number of ketones is 1. The summed E-state index contributed by atoms with van der Waals surface area (Å²) in [4.78, 5) is 39.3. The molecule has 0 aliphatic heterocycles. The maximum Gasteiger partial charge on any atom is 0.354 e. The van der Waals surface area contributed by atoms with Crippen LogP contribution in [0.15, 0.2) is 24.3 Å². The van der Waals surface area contributed by atoms with Crippen LogP contribution in [0.5, 0.6) is 0 Å². The van der Waals surface area contributed by atoms with Crippen molar-refractivity contribution in [1.29, 1.82) is 0 Å². The molecule has 1 N–H and O–H groups in total. The molecule has 0 unspecified atom stereocenters. The number of esters is 1. The van der Waals surface area contributed by atoms with Gasteiger partial charge in [-0.1, -0.05) is 12.1 Å². The van der Waals surface area contributed by atoms with Crippen LogP contribution in [0.4, 0.5) is 9.18 Å². The van der Waals surface area contributed by atoms with E-state index in [1.165, 1.54) is 24.1 Å². The molecule has 0 saturated heterocycles. The first-order valence-electron chi connectivity index (χ1n) is 9.64. The molecule has 0 fully saturated rings. The Morgan fingerprint density at radius 2 is 1.77 bits per heavy atom. The molecule has 2 amide bonds. The van der Waals surface area contributed by atoms with Crippen LogP contribution in [0.2, 0.25) is 0 Å². The van der Waals surface area contributed by atoms with E-state index in [4.69, 9.17) is 4.74 Å². The molecule has 0 atom stereocenters. The van der Waals surface area contributed by atoms with Gasteiger partial charge in [0, 0.05) is 30.9 Å². The number of carbonyl (C=O) groups is 3. The molecule has 7 nitrogen and oxygen atoms in total. The Bertz CT molecular complexity index is 948. The molecule has 162 valence electrons. The second kappa shape index (κ2) is 9.56. The van der Waals surface area contributed by atoms with Crippen molar-refractivity contribution in [1.82, 2.24) is 14.8 Å². The average Bonchev–Trinajstić information content (AvgIpc) is 2.90. The molecule has 0 bridgehead atoms. The zero-order valence-electron chi connectivity index (χ0n) is 18.2. The number of amides is 2. The molecular formula is C22H28FN3O4. The highest BCUT2D eigenvalue weighted by atomic mass is 19.1. The fraction of sp³-hybridized carbons (Fsp3) is 0.409. The molecule has 0 saturated carbocycles. The van der Waals surface area contributed by atoms with Crippen molar-refractivity contribution in [2.45, 2.75) is 40.3 Å². The Morgan fingerprint density at radius 1 is 1.17 bits per heavy atom. The van der Waals surface area contributed by atoms with Gasteiger partial charge in [0.25, 0.3) is 0 Å². The third kappa shape index (κ3) is 5.06. The molecule has 2 aromatic rings. The van der Waals surface area contributed by atoms with E-state index in [1.54, 1.807) is 37.6 Å². The van der Waals surface area contributed by atoms with Gasteiger partial charge in [-0.05, 0) is 51.0 Å². The highest BCUT2D eigenvalue weighted by molar-refractivity contribution is 6.04. The number of ether oxygens (including phenoxy) is 1. The van der Waals surface area contributed by atoms with Crippen LogP contribution < -0.4 is 5.32 Å². The van der Waals surface area contributed by atoms with Crippen LogP contribution in [0.25, 0.3) is 0 Å². The van der Waals surface area contributed by atoms with Crippen LogP contribution in [0, 0.1) is 19.7 Å². The lowest BCUT2D eigenvalue weighted by molar-refractivity contribution is 0.0588. The van der Waals surface area contributed by atoms with Crippen LogP contribution in [-0.2, 0) is 18.3 Å². The van der Waals surface area contributed by atoms with Crippen LogP contribution in [0.3, 0.4) is 0 Å². The van der Waals surface area contributed by atoms with E-state index in [2.05, 4.69) is 5.32 Å². The van der Waals surface area contributed by atoms with Crippen LogP contribution in [-0.4, -0.2) is 46.9 Å². The van der Waals surface area contributed by atoms with Gasteiger partial charge >= 0.3 is 12.0 Å². The first-order valence-corrected chi connectivity index (χ1v) is 9.64. The van der Waals surface area contributed by atoms with Crippen LogP contribution >= 0.6 is 0 Å². The van der Waals surface area contributed by atoms with E-state index in [9.17, 15) is 18.8 Å². The first-order chi connectivity index (χ1) is 14.1. The third-order valence-electron chi connectivity index (χ3n) is 4.91. The molecule has 0 spiro atoms. The average molecular weight is 417 g/mol. The van der Waals surface area contributed by atoms with Gasteiger partial charge in [-0.15, -0.1) is 0 Å². The minimum Gasteiger partial charge on any atom is -0.464 e. The van der Waals surface area contributed by atoms with Crippen molar-refractivity contribution in [3.63, 3.8) is 0 Å². The van der Waals surface area contributed by atoms with Gasteiger partial charge in [-0.2, -0.15) is 0 Å². The molecule has 2 rings (SSSR count). The molecular weight excluding hydrogens is 389 g/mol. The van der Waals surface area contributed by atoms with Gasteiger partial charge in [0.05, 0.1) is 13.7 Å². The summed E-state index contributed by atoms with van der Waals surface area (Å²) in [5.74, 6) is -1.20. The zero-order chi connectivity index (χ0) is 22.6. The summed E-state index contributed by atoms with van der Waals surface area (Å²) in [5.41, 5.74) is 2.51. The second-order valence-electron chi connectivity index (χ2n) is 7.49. The van der Waals surface area contributed by atoms with Crippen molar-refractivity contribution in [3.8, 4) is 0 Å². The quantitative estimate of drug-likeness (QED) is 0.553. The van der Waals surface area contributed by atoms with E-state index < -0.39 is 12.0 Å². The molecule has 1 aromatic carbocycles. The van der Waals surface area contributed by atoms with E-state index in [0.29, 0.717) is 28.1 Å². The van der Waals surface area contributed by atoms with E-state index >= 15 is 0 Å². The predicted molar refractivity (Wildman–Crippen MR) is 111 cm³/mol. The number of hydrogen-bond acceptors (Lipinski definition) is 4. The second-order valence-corrected chi connectivity index (χ2v) is 7.49. The molecule has 8 heteroatoms. The number of benzene rings is 1. The number of nitrogens with zero attached hydrogens (tertiary/aromatic N) is 2. The summed E-state index contributed by atoms with van der Waals surface area (Å²) < 4.78 is 19.7. The van der Waals surface area contributed by atoms with Gasteiger partial charge in [-0.25, -0.2) is 14.0 Å². The molecule has 1 aromatic heterocycles. The highest BCUT2D eigenvalue weighted by Crippen LogP contribution is 2.23. The minimum atomic E-state index is -0.530. The maximum atomic E-state index is 13.2. The fourth-order valence-electron chi connectivity index (χ4n) is 3.37. The Balaban J connectivity index is 2.35. The van der Waals surface area contributed by atoms with Crippen molar-refractivity contribution < 1.29 is 23.5 Å². The van der Waals surface area contributed by atoms with Crippen molar-refractivity contribution in [2.24, 2.45) is 7.05 Å². The minimum absolute atomic E-state index is 0.116. The summed E-state index contributed by atoms with van der Waals surface area (Å²) in [6.45, 7) is 7.02. The number of halogens is 1. The Hall–Kier alpha value is -3.16. The van der Waals surface area contributed by atoms with Crippen LogP contribution in [0.1, 0.15) is 51.5 Å². The molecule has 0 aliphatic rings. The summed E-state index contributed by atoms with van der Waals surface area (Å²) in [6, 6.07) is 5.25. The topological polar surface area (TPSA) is 80.6 Å². The lowest BCUT2D eigenvalue weighted by atomic mass is 10.0. The van der Waals surface area contributed by atoms with Gasteiger partial charge in [0.15, 0.2) is 5.78 Å². The molecule has 0 aliphatic carbocycles. The largest absolute Gasteiger partial charge is 0.464 e. The summed E-state index contributed by atoms with van der Waals surface area (Å²) in [6.07, 6.45) is 0. The van der Waals surface area contributed by atoms with Gasteiger partial charge in [-0.3, -0.25) is 4.79 Å². The predicted octanol–water partition coefficient (Wildman–Crippen LogP) is 3.37. The Morgan fingerprint density at radius 3 is 2.30 bits per heavy atom. The van der Waals surface area contributed by atoms with Gasteiger partial charge in [0.1, 0.15) is 11.5 Å². The number of nitrogens with one attached hydrogen (secondary N) is 1. The zero-order valence-corrected chi connectivity index (χ0v) is 18.2. The molecule has 0 radical (unpaired) electrons. The number of aromatic nitrogens is 1. The number of hydrogen-bond donors (Lipinski definition) is 1. The Kier molecular flexibility index (Phi) is 7.37. The van der Waals surface area contributed by atoms with Crippen molar-refractivity contribution >= 4 is 17.8 Å². The first kappa shape index (κ1) is 23.1.